The van der Waals surface area contributed by atoms with Crippen LogP contribution >= 0.6 is 27.3 Å². The normalized spacial score (nSPS) is 37.6. The lowest BCUT2D eigenvalue weighted by molar-refractivity contribution is -0.155. The fourth-order valence-corrected chi connectivity index (χ4v) is 6.81. The molecule has 1 aromatic rings. The summed E-state index contributed by atoms with van der Waals surface area (Å²) in [4.78, 5) is 18.7. The van der Waals surface area contributed by atoms with Gasteiger partial charge in [0.15, 0.2) is 5.13 Å². The molecule has 3 unspecified atom stereocenters. The van der Waals surface area contributed by atoms with Crippen LogP contribution in [0.2, 0.25) is 0 Å². The van der Waals surface area contributed by atoms with Gasteiger partial charge < -0.3 is 5.32 Å². The maximum atomic E-state index is 12.9. The van der Waals surface area contributed by atoms with Crippen molar-refractivity contribution < 1.29 is 4.79 Å². The quantitative estimate of drug-likeness (QED) is 0.803. The Labute approximate surface area is 132 Å². The fourth-order valence-electron chi connectivity index (χ4n) is 4.19. The number of hydrogen-bond donors (Lipinski definition) is 1. The maximum absolute atomic E-state index is 12.9. The van der Waals surface area contributed by atoms with E-state index in [4.69, 9.17) is 0 Å². The average molecular weight is 357 g/mol. The summed E-state index contributed by atoms with van der Waals surface area (Å²) in [6.45, 7) is 10.8. The summed E-state index contributed by atoms with van der Waals surface area (Å²) >= 11 is 5.36. The second-order valence-electron chi connectivity index (χ2n) is 6.99. The molecule has 1 aromatic heterocycles. The lowest BCUT2D eigenvalue weighted by Crippen LogP contribution is -2.68. The number of aromatic nitrogens is 1. The van der Waals surface area contributed by atoms with Crippen LogP contribution in [0.5, 0.6) is 0 Å². The highest BCUT2D eigenvalue weighted by Gasteiger charge is 2.80. The molecule has 0 spiro atoms. The van der Waals surface area contributed by atoms with Gasteiger partial charge in [-0.05, 0) is 37.5 Å². The lowest BCUT2D eigenvalue weighted by Gasteiger charge is -2.64. The van der Waals surface area contributed by atoms with Crippen LogP contribution in [0.3, 0.4) is 0 Å². The van der Waals surface area contributed by atoms with Crippen molar-refractivity contribution in [1.82, 2.24) is 4.98 Å². The van der Waals surface area contributed by atoms with Crippen LogP contribution in [0.4, 0.5) is 5.13 Å². The van der Waals surface area contributed by atoms with Crippen molar-refractivity contribution in [2.45, 2.75) is 52.3 Å². The Morgan fingerprint density at radius 2 is 2.00 bits per heavy atom. The fraction of sp³-hybridized carbons (Fsp3) is 0.733. The van der Waals surface area contributed by atoms with E-state index in [-0.39, 0.29) is 27.0 Å². The zero-order valence-corrected chi connectivity index (χ0v) is 15.0. The van der Waals surface area contributed by atoms with Gasteiger partial charge >= 0.3 is 0 Å². The summed E-state index contributed by atoms with van der Waals surface area (Å²) in [5.41, 5.74) is 0.954. The Balaban J connectivity index is 1.88. The molecule has 3 atom stereocenters. The maximum Gasteiger partial charge on any atom is 0.234 e. The zero-order chi connectivity index (χ0) is 14.9. The third kappa shape index (κ3) is 1.41. The standard InChI is InChI=1S/C15H21BrN2OS/c1-8-9(2)20-12(17-8)18-11(19)15-7-6-14(5,10(15)16)13(15,3)4/h10H,6-7H2,1-5H3,(H,17,18,19). The van der Waals surface area contributed by atoms with Gasteiger partial charge in [0.05, 0.1) is 11.1 Å². The van der Waals surface area contributed by atoms with Crippen molar-refractivity contribution in [3.8, 4) is 0 Å². The molecule has 1 heterocycles. The molecule has 3 aliphatic rings. The number of anilines is 1. The van der Waals surface area contributed by atoms with Crippen molar-refractivity contribution >= 4 is 38.3 Å². The van der Waals surface area contributed by atoms with Crippen LogP contribution in [0.25, 0.3) is 0 Å². The van der Waals surface area contributed by atoms with Gasteiger partial charge in [0, 0.05) is 9.70 Å². The number of nitrogens with one attached hydrogen (secondary N) is 1. The first kappa shape index (κ1) is 14.5. The van der Waals surface area contributed by atoms with Crippen molar-refractivity contribution in [1.29, 1.82) is 0 Å². The third-order valence-corrected chi connectivity index (χ3v) is 9.01. The van der Waals surface area contributed by atoms with Crippen molar-refractivity contribution in [2.75, 3.05) is 5.32 Å². The number of rotatable bonds is 2. The van der Waals surface area contributed by atoms with Crippen LogP contribution in [-0.2, 0) is 4.79 Å². The minimum absolute atomic E-state index is 0.0274. The second-order valence-corrected chi connectivity index (χ2v) is 9.11. The molecule has 110 valence electrons. The number of carbonyl (C=O) groups is 1. The Hall–Kier alpha value is -0.420. The Kier molecular flexibility index (Phi) is 2.95. The van der Waals surface area contributed by atoms with Gasteiger partial charge in [-0.25, -0.2) is 4.98 Å². The van der Waals surface area contributed by atoms with Gasteiger partial charge in [-0.2, -0.15) is 0 Å². The monoisotopic (exact) mass is 356 g/mol. The van der Waals surface area contributed by atoms with Crippen molar-refractivity contribution in [3.05, 3.63) is 10.6 Å². The molecule has 3 saturated carbocycles. The second kappa shape index (κ2) is 4.07. The zero-order valence-electron chi connectivity index (χ0n) is 12.6. The summed E-state index contributed by atoms with van der Waals surface area (Å²) in [5, 5.41) is 3.80. The van der Waals surface area contributed by atoms with Crippen LogP contribution in [0, 0.1) is 30.1 Å². The predicted octanol–water partition coefficient (Wildman–Crippen LogP) is 4.29. The minimum atomic E-state index is -0.296. The van der Waals surface area contributed by atoms with E-state index in [1.807, 2.05) is 13.8 Å². The largest absolute Gasteiger partial charge is 0.301 e. The molecule has 3 aliphatic carbocycles. The van der Waals surface area contributed by atoms with E-state index >= 15 is 0 Å². The van der Waals surface area contributed by atoms with Crippen LogP contribution < -0.4 is 5.32 Å². The molecule has 2 bridgehead atoms. The summed E-state index contributed by atoms with van der Waals surface area (Å²) in [6, 6.07) is 0. The van der Waals surface area contributed by atoms with E-state index in [1.54, 1.807) is 11.3 Å². The van der Waals surface area contributed by atoms with Gasteiger partial charge in [0.2, 0.25) is 5.91 Å². The molecule has 5 heteroatoms. The number of nitrogens with zero attached hydrogens (tertiary/aromatic N) is 1. The predicted molar refractivity (Wildman–Crippen MR) is 86.5 cm³/mol. The van der Waals surface area contributed by atoms with E-state index in [0.717, 1.165) is 28.5 Å². The van der Waals surface area contributed by atoms with E-state index in [1.165, 1.54) is 0 Å². The molecular weight excluding hydrogens is 336 g/mol. The summed E-state index contributed by atoms with van der Waals surface area (Å²) < 4.78 is 0. The van der Waals surface area contributed by atoms with Gasteiger partial charge in [0.1, 0.15) is 0 Å². The molecule has 1 amide bonds. The Morgan fingerprint density at radius 1 is 1.35 bits per heavy atom. The van der Waals surface area contributed by atoms with Crippen molar-refractivity contribution in [3.63, 3.8) is 0 Å². The summed E-state index contributed by atoms with van der Waals surface area (Å²) in [5.74, 6) is 0.133. The number of fused-ring (bicyclic) bond motifs is 1. The average Bonchev–Trinajstić information content (AvgIpc) is 2.89. The molecular formula is C15H21BrN2OS. The van der Waals surface area contributed by atoms with E-state index in [2.05, 4.69) is 47.0 Å². The van der Waals surface area contributed by atoms with E-state index in [0.29, 0.717) is 0 Å². The highest BCUT2D eigenvalue weighted by Crippen LogP contribution is 2.79. The third-order valence-electron chi connectivity index (χ3n) is 6.23. The van der Waals surface area contributed by atoms with Gasteiger partial charge in [-0.15, -0.1) is 11.3 Å². The van der Waals surface area contributed by atoms with Crippen LogP contribution in [-0.4, -0.2) is 15.7 Å². The molecule has 4 rings (SSSR count). The highest BCUT2D eigenvalue weighted by molar-refractivity contribution is 9.09. The smallest absolute Gasteiger partial charge is 0.234 e. The first-order valence-electron chi connectivity index (χ1n) is 7.06. The molecule has 3 nitrogen and oxygen atoms in total. The summed E-state index contributed by atoms with van der Waals surface area (Å²) in [7, 11) is 0. The first-order valence-corrected chi connectivity index (χ1v) is 8.79. The number of halogens is 1. The number of thiazole rings is 1. The number of amides is 1. The highest BCUT2D eigenvalue weighted by atomic mass is 79.9. The van der Waals surface area contributed by atoms with E-state index in [9.17, 15) is 4.79 Å². The lowest BCUT2D eigenvalue weighted by atomic mass is 9.43. The molecule has 20 heavy (non-hydrogen) atoms. The molecule has 3 fully saturated rings. The molecule has 0 aliphatic heterocycles. The summed E-state index contributed by atoms with van der Waals surface area (Å²) in [6.07, 6.45) is 2.07. The molecule has 0 aromatic carbocycles. The number of hydrogen-bond acceptors (Lipinski definition) is 3. The number of carbonyl (C=O) groups excluding carboxylic acids is 1. The first-order chi connectivity index (χ1) is 9.17. The minimum Gasteiger partial charge on any atom is -0.301 e. The topological polar surface area (TPSA) is 42.0 Å². The van der Waals surface area contributed by atoms with Crippen LogP contribution in [0.15, 0.2) is 0 Å². The molecule has 1 N–H and O–H groups in total. The van der Waals surface area contributed by atoms with Crippen molar-refractivity contribution in [2.24, 2.45) is 16.2 Å². The molecule has 0 radical (unpaired) electrons. The molecule has 0 saturated heterocycles. The number of alkyl halides is 1. The number of aryl methyl sites for hydroxylation is 2. The van der Waals surface area contributed by atoms with E-state index < -0.39 is 0 Å². The van der Waals surface area contributed by atoms with Gasteiger partial charge in [-0.1, -0.05) is 36.7 Å². The van der Waals surface area contributed by atoms with Gasteiger partial charge in [-0.3, -0.25) is 4.79 Å². The Bertz CT molecular complexity index is 577. The SMILES string of the molecule is Cc1nc(NC(=O)C23CCC(C)(C2Br)C3(C)C)sc1C. The van der Waals surface area contributed by atoms with Gasteiger partial charge in [0.25, 0.3) is 0 Å². The van der Waals surface area contributed by atoms with Crippen LogP contribution in [0.1, 0.15) is 44.2 Å². The Morgan fingerprint density at radius 3 is 2.40 bits per heavy atom.